The maximum absolute atomic E-state index is 12.7. The molecule has 0 fully saturated rings. The normalized spacial score (nSPS) is 12.3. The van der Waals surface area contributed by atoms with E-state index >= 15 is 0 Å². The highest BCUT2D eigenvalue weighted by molar-refractivity contribution is 7.89. The molecule has 0 saturated carbocycles. The fourth-order valence-electron chi connectivity index (χ4n) is 3.20. The quantitative estimate of drug-likeness (QED) is 0.526. The van der Waals surface area contributed by atoms with Crippen molar-refractivity contribution in [2.75, 3.05) is 0 Å². The van der Waals surface area contributed by atoms with Crippen molar-refractivity contribution in [3.8, 4) is 0 Å². The molecule has 3 rings (SSSR count). The first-order valence-electron chi connectivity index (χ1n) is 10.3. The Hall–Kier alpha value is -2.96. The van der Waals surface area contributed by atoms with Crippen molar-refractivity contribution >= 4 is 15.9 Å². The Balaban J connectivity index is 1.51. The number of carbonyl (C=O) groups is 1. The predicted octanol–water partition coefficient (Wildman–Crippen LogP) is 4.28. The molecule has 3 aromatic rings. The number of aryl methyl sites for hydroxylation is 2. The van der Waals surface area contributed by atoms with E-state index in [0.717, 1.165) is 16.7 Å². The van der Waals surface area contributed by atoms with Gasteiger partial charge >= 0.3 is 0 Å². The molecule has 3 aromatic carbocycles. The Kier molecular flexibility index (Phi) is 7.60. The van der Waals surface area contributed by atoms with Gasteiger partial charge < -0.3 is 5.32 Å². The summed E-state index contributed by atoms with van der Waals surface area (Å²) in [6.45, 7) is 4.34. The Morgan fingerprint density at radius 3 is 2.13 bits per heavy atom. The lowest BCUT2D eigenvalue weighted by atomic mass is 10.1. The van der Waals surface area contributed by atoms with Crippen LogP contribution in [0.4, 0.5) is 0 Å². The first kappa shape index (κ1) is 22.7. The van der Waals surface area contributed by atoms with E-state index in [9.17, 15) is 13.2 Å². The molecule has 0 bridgehead atoms. The van der Waals surface area contributed by atoms with Crippen molar-refractivity contribution in [2.45, 2.75) is 44.2 Å². The van der Waals surface area contributed by atoms with Crippen LogP contribution in [0.25, 0.3) is 0 Å². The van der Waals surface area contributed by atoms with E-state index in [4.69, 9.17) is 0 Å². The van der Waals surface area contributed by atoms with E-state index < -0.39 is 10.0 Å². The minimum absolute atomic E-state index is 0.0318. The summed E-state index contributed by atoms with van der Waals surface area (Å²) in [6, 6.07) is 23.8. The summed E-state index contributed by atoms with van der Waals surface area (Å²) in [4.78, 5) is 12.3. The highest BCUT2D eigenvalue weighted by atomic mass is 32.2. The Morgan fingerprint density at radius 2 is 1.48 bits per heavy atom. The number of hydrogen-bond acceptors (Lipinski definition) is 3. The van der Waals surface area contributed by atoms with Gasteiger partial charge in [-0.15, -0.1) is 0 Å². The van der Waals surface area contributed by atoms with E-state index in [2.05, 4.69) is 10.0 Å². The lowest BCUT2D eigenvalue weighted by Gasteiger charge is -2.15. The molecule has 162 valence electrons. The molecule has 0 aliphatic rings. The van der Waals surface area contributed by atoms with E-state index in [-0.39, 0.29) is 16.8 Å². The van der Waals surface area contributed by atoms with Crippen molar-refractivity contribution in [3.63, 3.8) is 0 Å². The van der Waals surface area contributed by atoms with Crippen LogP contribution in [0.1, 0.15) is 41.6 Å². The molecule has 0 heterocycles. The topological polar surface area (TPSA) is 75.3 Å². The number of rotatable bonds is 9. The van der Waals surface area contributed by atoms with Gasteiger partial charge in [0.1, 0.15) is 0 Å². The van der Waals surface area contributed by atoms with Gasteiger partial charge in [-0.25, -0.2) is 13.1 Å². The molecular weight excluding hydrogens is 408 g/mol. The summed E-state index contributed by atoms with van der Waals surface area (Å²) in [5.41, 5.74) is 4.07. The first-order chi connectivity index (χ1) is 14.8. The first-order valence-corrected chi connectivity index (χ1v) is 11.8. The van der Waals surface area contributed by atoms with E-state index in [1.54, 1.807) is 24.3 Å². The summed E-state index contributed by atoms with van der Waals surface area (Å²) in [6.07, 6.45) is 0.898. The van der Waals surface area contributed by atoms with Crippen molar-refractivity contribution in [1.29, 1.82) is 0 Å². The van der Waals surface area contributed by atoms with Gasteiger partial charge in [-0.1, -0.05) is 72.3 Å². The van der Waals surface area contributed by atoms with Gasteiger partial charge in [-0.05, 0) is 49.1 Å². The van der Waals surface area contributed by atoms with Crippen LogP contribution in [0.5, 0.6) is 0 Å². The van der Waals surface area contributed by atoms with E-state index in [1.165, 1.54) is 5.56 Å². The molecule has 0 unspecified atom stereocenters. The highest BCUT2D eigenvalue weighted by Gasteiger charge is 2.18. The molecule has 2 N–H and O–H groups in total. The van der Waals surface area contributed by atoms with Crippen LogP contribution < -0.4 is 10.0 Å². The van der Waals surface area contributed by atoms with Gasteiger partial charge in [0.05, 0.1) is 4.90 Å². The second-order valence-electron chi connectivity index (χ2n) is 7.66. The van der Waals surface area contributed by atoms with Crippen molar-refractivity contribution < 1.29 is 13.2 Å². The second kappa shape index (κ2) is 10.4. The molecule has 1 amide bonds. The summed E-state index contributed by atoms with van der Waals surface area (Å²) in [5.74, 6) is -0.0318. The number of nitrogens with one attached hydrogen (secondary N) is 2. The molecular formula is C25H28N2O3S. The number of amides is 1. The monoisotopic (exact) mass is 436 g/mol. The van der Waals surface area contributed by atoms with Crippen molar-refractivity contribution in [2.24, 2.45) is 0 Å². The number of sulfonamides is 1. The van der Waals surface area contributed by atoms with Crippen molar-refractivity contribution in [1.82, 2.24) is 10.0 Å². The molecule has 6 heteroatoms. The van der Waals surface area contributed by atoms with Gasteiger partial charge in [0.2, 0.25) is 15.9 Å². The SMILES string of the molecule is Cc1ccc(CNC(=O)CCc2ccc(S(=O)(=O)N[C@@H](C)c3ccccc3)cc2)cc1. The van der Waals surface area contributed by atoms with Crippen LogP contribution in [0.3, 0.4) is 0 Å². The van der Waals surface area contributed by atoms with Crippen LogP contribution in [-0.4, -0.2) is 14.3 Å². The molecule has 0 saturated heterocycles. The number of hydrogen-bond donors (Lipinski definition) is 2. The number of carbonyl (C=O) groups excluding carboxylic acids is 1. The third-order valence-corrected chi connectivity index (χ3v) is 6.67. The standard InChI is InChI=1S/C25H28N2O3S/c1-19-8-10-22(11-9-19)18-26-25(28)17-14-21-12-15-24(16-13-21)31(29,30)27-20(2)23-6-4-3-5-7-23/h3-13,15-16,20,27H,14,17-18H2,1-2H3,(H,26,28)/t20-/m0/s1. The van der Waals surface area contributed by atoms with Crippen LogP contribution >= 0.6 is 0 Å². The average molecular weight is 437 g/mol. The van der Waals surface area contributed by atoms with Crippen LogP contribution in [0.2, 0.25) is 0 Å². The Labute approximate surface area is 184 Å². The van der Waals surface area contributed by atoms with Crippen LogP contribution in [0, 0.1) is 6.92 Å². The molecule has 0 aliphatic carbocycles. The minimum Gasteiger partial charge on any atom is -0.352 e. The van der Waals surface area contributed by atoms with Gasteiger partial charge in [0.15, 0.2) is 0 Å². The molecule has 0 aromatic heterocycles. The zero-order valence-corrected chi connectivity index (χ0v) is 18.7. The summed E-state index contributed by atoms with van der Waals surface area (Å²) >= 11 is 0. The van der Waals surface area contributed by atoms with Gasteiger partial charge in [-0.2, -0.15) is 0 Å². The Bertz CT molecular complexity index is 1090. The third-order valence-electron chi connectivity index (χ3n) is 5.12. The average Bonchev–Trinajstić information content (AvgIpc) is 2.78. The van der Waals surface area contributed by atoms with Crippen molar-refractivity contribution in [3.05, 3.63) is 101 Å². The maximum Gasteiger partial charge on any atom is 0.241 e. The van der Waals surface area contributed by atoms with Crippen LogP contribution in [0.15, 0.2) is 83.8 Å². The fourth-order valence-corrected chi connectivity index (χ4v) is 4.43. The molecule has 31 heavy (non-hydrogen) atoms. The summed E-state index contributed by atoms with van der Waals surface area (Å²) in [7, 11) is -3.63. The lowest BCUT2D eigenvalue weighted by Crippen LogP contribution is -2.26. The Morgan fingerprint density at radius 1 is 0.871 bits per heavy atom. The predicted molar refractivity (Wildman–Crippen MR) is 123 cm³/mol. The van der Waals surface area contributed by atoms with Crippen LogP contribution in [-0.2, 0) is 27.8 Å². The highest BCUT2D eigenvalue weighted by Crippen LogP contribution is 2.17. The summed E-state index contributed by atoms with van der Waals surface area (Å²) < 4.78 is 28.0. The van der Waals surface area contributed by atoms with Gasteiger partial charge in [0, 0.05) is 19.0 Å². The largest absolute Gasteiger partial charge is 0.352 e. The molecule has 5 nitrogen and oxygen atoms in total. The minimum atomic E-state index is -3.63. The van der Waals surface area contributed by atoms with E-state index in [0.29, 0.717) is 19.4 Å². The van der Waals surface area contributed by atoms with Gasteiger partial charge in [0.25, 0.3) is 0 Å². The van der Waals surface area contributed by atoms with Gasteiger partial charge in [-0.3, -0.25) is 4.79 Å². The third kappa shape index (κ3) is 6.77. The second-order valence-corrected chi connectivity index (χ2v) is 9.37. The summed E-state index contributed by atoms with van der Waals surface area (Å²) in [5, 5.41) is 2.92. The van der Waals surface area contributed by atoms with E-state index in [1.807, 2.05) is 68.4 Å². The molecule has 0 aliphatic heterocycles. The zero-order valence-electron chi connectivity index (χ0n) is 17.8. The fraction of sp³-hybridized carbons (Fsp3) is 0.240. The lowest BCUT2D eigenvalue weighted by molar-refractivity contribution is -0.121. The smallest absolute Gasteiger partial charge is 0.241 e. The molecule has 0 spiro atoms. The molecule has 0 radical (unpaired) electrons. The number of benzene rings is 3. The zero-order chi connectivity index (χ0) is 22.3. The molecule has 1 atom stereocenters. The maximum atomic E-state index is 12.7.